The van der Waals surface area contributed by atoms with Crippen molar-refractivity contribution in [3.8, 4) is 0 Å². The van der Waals surface area contributed by atoms with Gasteiger partial charge in [-0.3, -0.25) is 9.36 Å². The molecule has 0 amide bonds. The number of hydrogen-bond acceptors (Lipinski definition) is 5. The highest BCUT2D eigenvalue weighted by Crippen LogP contribution is 2.03. The second kappa shape index (κ2) is 4.82. The number of aryl methyl sites for hydroxylation is 1. The Morgan fingerprint density at radius 1 is 1.50 bits per heavy atom. The molecular formula is C11H11N3O4. The molecule has 0 bridgehead atoms. The van der Waals surface area contributed by atoms with E-state index in [1.807, 2.05) is 6.92 Å². The van der Waals surface area contributed by atoms with Gasteiger partial charge in [0, 0.05) is 12.5 Å². The van der Waals surface area contributed by atoms with Crippen molar-refractivity contribution in [2.75, 3.05) is 0 Å². The fourth-order valence-corrected chi connectivity index (χ4v) is 1.51. The van der Waals surface area contributed by atoms with E-state index < -0.39 is 11.5 Å². The molecule has 2 aromatic heterocycles. The highest BCUT2D eigenvalue weighted by molar-refractivity contribution is 5.85. The number of rotatable bonds is 4. The summed E-state index contributed by atoms with van der Waals surface area (Å²) in [5, 5.41) is 12.7. The first kappa shape index (κ1) is 12.0. The number of carboxylic acid groups (broad SMARTS) is 1. The van der Waals surface area contributed by atoms with E-state index in [-0.39, 0.29) is 18.1 Å². The Morgan fingerprint density at radius 3 is 2.89 bits per heavy atom. The first-order valence-corrected chi connectivity index (χ1v) is 5.36. The van der Waals surface area contributed by atoms with Gasteiger partial charge in [0.2, 0.25) is 5.89 Å². The highest BCUT2D eigenvalue weighted by atomic mass is 16.5. The Labute approximate surface area is 102 Å². The number of nitrogens with zero attached hydrogens (tertiary/aromatic N) is 3. The monoisotopic (exact) mass is 249 g/mol. The Morgan fingerprint density at radius 2 is 2.28 bits per heavy atom. The minimum Gasteiger partial charge on any atom is -0.477 e. The normalized spacial score (nSPS) is 10.5. The predicted octanol–water partition coefficient (Wildman–Crippen LogP) is 0.540. The maximum absolute atomic E-state index is 11.6. The topological polar surface area (TPSA) is 98.2 Å². The number of carbonyl (C=O) groups is 1. The smallest absolute Gasteiger partial charge is 0.352 e. The van der Waals surface area contributed by atoms with Crippen molar-refractivity contribution < 1.29 is 14.4 Å². The van der Waals surface area contributed by atoms with Crippen LogP contribution in [0, 0.1) is 0 Å². The van der Waals surface area contributed by atoms with Crippen LogP contribution in [0.1, 0.15) is 29.1 Å². The average molecular weight is 249 g/mol. The summed E-state index contributed by atoms with van der Waals surface area (Å²) in [5.74, 6) is -0.444. The highest BCUT2D eigenvalue weighted by Gasteiger charge is 2.13. The summed E-state index contributed by atoms with van der Waals surface area (Å²) < 4.78 is 5.99. The van der Waals surface area contributed by atoms with E-state index in [0.29, 0.717) is 12.3 Å². The van der Waals surface area contributed by atoms with E-state index in [9.17, 15) is 9.59 Å². The molecule has 18 heavy (non-hydrogen) atoms. The van der Waals surface area contributed by atoms with Crippen LogP contribution in [0.15, 0.2) is 27.5 Å². The van der Waals surface area contributed by atoms with Gasteiger partial charge in [0.05, 0.1) is 6.54 Å². The van der Waals surface area contributed by atoms with Crippen molar-refractivity contribution in [2.45, 2.75) is 19.9 Å². The van der Waals surface area contributed by atoms with Gasteiger partial charge in [-0.15, -0.1) is 0 Å². The fraction of sp³-hybridized carbons (Fsp3) is 0.273. The maximum atomic E-state index is 11.6. The van der Waals surface area contributed by atoms with E-state index in [0.717, 1.165) is 4.57 Å². The molecule has 0 spiro atoms. The van der Waals surface area contributed by atoms with Gasteiger partial charge in [0.15, 0.2) is 5.82 Å². The largest absolute Gasteiger partial charge is 0.477 e. The lowest BCUT2D eigenvalue weighted by Crippen LogP contribution is -2.25. The number of aromatic nitrogens is 3. The van der Waals surface area contributed by atoms with Crippen molar-refractivity contribution >= 4 is 5.97 Å². The third-order valence-corrected chi connectivity index (χ3v) is 2.38. The zero-order valence-electron chi connectivity index (χ0n) is 9.66. The van der Waals surface area contributed by atoms with E-state index in [1.54, 1.807) is 0 Å². The van der Waals surface area contributed by atoms with Gasteiger partial charge in [-0.2, -0.15) is 4.98 Å². The predicted molar refractivity (Wildman–Crippen MR) is 60.4 cm³/mol. The van der Waals surface area contributed by atoms with Crippen LogP contribution >= 0.6 is 0 Å². The summed E-state index contributed by atoms with van der Waals surface area (Å²) in [4.78, 5) is 26.7. The van der Waals surface area contributed by atoms with Crippen molar-refractivity contribution in [3.63, 3.8) is 0 Å². The second-order valence-corrected chi connectivity index (χ2v) is 3.60. The third kappa shape index (κ3) is 2.29. The SMILES string of the molecule is CCc1nc(Cn2c(C(=O)O)cccc2=O)no1. The Bertz CT molecular complexity index is 629. The van der Waals surface area contributed by atoms with Crippen molar-refractivity contribution in [1.82, 2.24) is 14.7 Å². The molecular weight excluding hydrogens is 238 g/mol. The number of aromatic carboxylic acids is 1. The standard InChI is InChI=1S/C11H11N3O4/c1-2-9-12-8(13-18-9)6-14-7(11(16)17)4-3-5-10(14)15/h3-5H,2,6H2,1H3,(H,16,17). The first-order valence-electron chi connectivity index (χ1n) is 5.36. The van der Waals surface area contributed by atoms with E-state index in [2.05, 4.69) is 10.1 Å². The molecule has 94 valence electrons. The van der Waals surface area contributed by atoms with Crippen LogP contribution in [-0.4, -0.2) is 25.8 Å². The number of hydrogen-bond donors (Lipinski definition) is 1. The zero-order valence-corrected chi connectivity index (χ0v) is 9.66. The molecule has 0 radical (unpaired) electrons. The van der Waals surface area contributed by atoms with Gasteiger partial charge in [-0.05, 0) is 6.07 Å². The molecule has 0 saturated heterocycles. The molecule has 0 aliphatic rings. The van der Waals surface area contributed by atoms with Crippen molar-refractivity contribution in [1.29, 1.82) is 0 Å². The lowest BCUT2D eigenvalue weighted by molar-refractivity contribution is 0.0684. The van der Waals surface area contributed by atoms with E-state index in [1.165, 1.54) is 18.2 Å². The minimum atomic E-state index is -1.17. The molecule has 0 atom stereocenters. The zero-order chi connectivity index (χ0) is 13.1. The molecule has 0 aromatic carbocycles. The van der Waals surface area contributed by atoms with E-state index in [4.69, 9.17) is 9.63 Å². The van der Waals surface area contributed by atoms with Crippen LogP contribution in [0.25, 0.3) is 0 Å². The van der Waals surface area contributed by atoms with Crippen molar-refractivity contribution in [2.24, 2.45) is 0 Å². The fourth-order valence-electron chi connectivity index (χ4n) is 1.51. The molecule has 0 aliphatic heterocycles. The van der Waals surface area contributed by atoms with Crippen LogP contribution < -0.4 is 5.56 Å². The minimum absolute atomic E-state index is 0.0230. The third-order valence-electron chi connectivity index (χ3n) is 2.38. The first-order chi connectivity index (χ1) is 8.61. The molecule has 0 aliphatic carbocycles. The van der Waals surface area contributed by atoms with Gasteiger partial charge in [0.1, 0.15) is 5.69 Å². The van der Waals surface area contributed by atoms with Gasteiger partial charge in [-0.1, -0.05) is 18.1 Å². The van der Waals surface area contributed by atoms with Gasteiger partial charge >= 0.3 is 5.97 Å². The van der Waals surface area contributed by atoms with Crippen LogP contribution in [-0.2, 0) is 13.0 Å². The molecule has 0 fully saturated rings. The second-order valence-electron chi connectivity index (χ2n) is 3.60. The lowest BCUT2D eigenvalue weighted by Gasteiger charge is -2.05. The molecule has 7 nitrogen and oxygen atoms in total. The summed E-state index contributed by atoms with van der Waals surface area (Å²) in [6.07, 6.45) is 0.586. The molecule has 2 heterocycles. The lowest BCUT2D eigenvalue weighted by atomic mass is 10.3. The molecule has 0 saturated carbocycles. The summed E-state index contributed by atoms with van der Waals surface area (Å²) in [6.45, 7) is 1.83. The molecule has 2 aromatic rings. The Balaban J connectivity index is 2.39. The van der Waals surface area contributed by atoms with E-state index >= 15 is 0 Å². The van der Waals surface area contributed by atoms with Gasteiger partial charge in [-0.25, -0.2) is 4.79 Å². The Hall–Kier alpha value is -2.44. The van der Waals surface area contributed by atoms with Crippen LogP contribution in [0.5, 0.6) is 0 Å². The van der Waals surface area contributed by atoms with Crippen molar-refractivity contribution in [3.05, 3.63) is 46.0 Å². The summed E-state index contributed by atoms with van der Waals surface area (Å²) in [6, 6.07) is 4.04. The molecule has 2 rings (SSSR count). The number of pyridine rings is 1. The van der Waals surface area contributed by atoms with Crippen LogP contribution in [0.3, 0.4) is 0 Å². The number of carboxylic acids is 1. The summed E-state index contributed by atoms with van der Waals surface area (Å²) >= 11 is 0. The summed E-state index contributed by atoms with van der Waals surface area (Å²) in [5.41, 5.74) is -0.525. The Kier molecular flexibility index (Phi) is 3.22. The average Bonchev–Trinajstić information content (AvgIpc) is 2.79. The quantitative estimate of drug-likeness (QED) is 0.849. The van der Waals surface area contributed by atoms with Crippen LogP contribution in [0.4, 0.5) is 0 Å². The van der Waals surface area contributed by atoms with Crippen LogP contribution in [0.2, 0.25) is 0 Å². The van der Waals surface area contributed by atoms with Gasteiger partial charge in [0.25, 0.3) is 5.56 Å². The van der Waals surface area contributed by atoms with Gasteiger partial charge < -0.3 is 9.63 Å². The molecule has 0 unspecified atom stereocenters. The molecule has 1 N–H and O–H groups in total. The summed E-state index contributed by atoms with van der Waals surface area (Å²) in [7, 11) is 0. The maximum Gasteiger partial charge on any atom is 0.352 e. The molecule has 7 heteroatoms.